The smallest absolute Gasteiger partial charge is 0.308 e. The van der Waals surface area contributed by atoms with Crippen molar-refractivity contribution >= 4 is 11.9 Å². The molecule has 2 atom stereocenters. The molecule has 2 aliphatic carbocycles. The van der Waals surface area contributed by atoms with Crippen LogP contribution in [0.25, 0.3) is 0 Å². The number of esters is 1. The first-order valence-corrected chi connectivity index (χ1v) is 7.73. The maximum Gasteiger partial charge on any atom is 0.308 e. The summed E-state index contributed by atoms with van der Waals surface area (Å²) in [6, 6.07) is 0.869. The van der Waals surface area contributed by atoms with Crippen LogP contribution in [0.3, 0.4) is 0 Å². The van der Waals surface area contributed by atoms with E-state index in [1.165, 1.54) is 7.11 Å². The fourth-order valence-corrected chi connectivity index (χ4v) is 3.60. The molecule has 20 heavy (non-hydrogen) atoms. The summed E-state index contributed by atoms with van der Waals surface area (Å²) in [5.41, 5.74) is 5.41. The van der Waals surface area contributed by atoms with Gasteiger partial charge in [0.25, 0.3) is 0 Å². The number of amides is 1. The second-order valence-electron chi connectivity index (χ2n) is 6.20. The van der Waals surface area contributed by atoms with Crippen molar-refractivity contribution in [1.82, 2.24) is 5.32 Å². The zero-order valence-corrected chi connectivity index (χ0v) is 12.3. The highest BCUT2D eigenvalue weighted by Gasteiger charge is 2.30. The minimum absolute atomic E-state index is 0.0349. The fraction of sp³-hybridized carbons (Fsp3) is 0.867. The summed E-state index contributed by atoms with van der Waals surface area (Å²) in [5, 5.41) is 3.66. The summed E-state index contributed by atoms with van der Waals surface area (Å²) in [4.78, 5) is 22.8. The number of nitrogens with one attached hydrogen (secondary N) is 1. The first kappa shape index (κ1) is 15.3. The fourth-order valence-electron chi connectivity index (χ4n) is 3.60. The summed E-state index contributed by atoms with van der Waals surface area (Å²) < 4.78 is 4.80. The number of rotatable bonds is 4. The molecular weight excluding hydrogens is 256 g/mol. The van der Waals surface area contributed by atoms with Crippen molar-refractivity contribution in [3.05, 3.63) is 0 Å². The largest absolute Gasteiger partial charge is 0.469 e. The molecule has 0 heterocycles. The summed E-state index contributed by atoms with van der Waals surface area (Å²) >= 11 is 0. The Bertz CT molecular complexity index is 351. The third kappa shape index (κ3) is 3.95. The Hall–Kier alpha value is -1.10. The third-order valence-corrected chi connectivity index (χ3v) is 4.81. The van der Waals surface area contributed by atoms with Gasteiger partial charge in [-0.05, 0) is 44.9 Å². The van der Waals surface area contributed by atoms with Gasteiger partial charge in [0.05, 0.1) is 13.0 Å². The van der Waals surface area contributed by atoms with Crippen LogP contribution in [0.4, 0.5) is 0 Å². The zero-order valence-electron chi connectivity index (χ0n) is 12.3. The highest BCUT2D eigenvalue weighted by atomic mass is 16.5. The van der Waals surface area contributed by atoms with Gasteiger partial charge < -0.3 is 15.8 Å². The molecule has 1 amide bonds. The van der Waals surface area contributed by atoms with Crippen molar-refractivity contribution in [2.45, 2.75) is 63.5 Å². The third-order valence-electron chi connectivity index (χ3n) is 4.81. The molecule has 0 saturated heterocycles. The molecule has 0 aromatic carbocycles. The minimum Gasteiger partial charge on any atom is -0.469 e. The van der Waals surface area contributed by atoms with Crippen molar-refractivity contribution in [2.24, 2.45) is 17.6 Å². The molecule has 0 unspecified atom stereocenters. The quantitative estimate of drug-likeness (QED) is 0.763. The molecule has 0 bridgehead atoms. The van der Waals surface area contributed by atoms with Gasteiger partial charge >= 0.3 is 5.97 Å². The van der Waals surface area contributed by atoms with Gasteiger partial charge in [-0.1, -0.05) is 6.42 Å². The predicted molar refractivity (Wildman–Crippen MR) is 75.8 cm³/mol. The molecule has 0 aromatic rings. The van der Waals surface area contributed by atoms with Crippen molar-refractivity contribution in [1.29, 1.82) is 0 Å². The van der Waals surface area contributed by atoms with E-state index in [1.807, 2.05) is 0 Å². The van der Waals surface area contributed by atoms with Gasteiger partial charge in [0.2, 0.25) is 5.91 Å². The Labute approximate surface area is 120 Å². The maximum absolute atomic E-state index is 11.5. The van der Waals surface area contributed by atoms with Crippen molar-refractivity contribution < 1.29 is 14.3 Å². The number of carbonyl (C=O) groups is 2. The van der Waals surface area contributed by atoms with Gasteiger partial charge in [-0.3, -0.25) is 9.59 Å². The van der Waals surface area contributed by atoms with Crippen LogP contribution in [0.15, 0.2) is 0 Å². The van der Waals surface area contributed by atoms with Crippen LogP contribution in [-0.2, 0) is 14.3 Å². The number of nitrogens with two attached hydrogens (primary N) is 1. The van der Waals surface area contributed by atoms with Gasteiger partial charge in [0, 0.05) is 18.0 Å². The summed E-state index contributed by atoms with van der Waals surface area (Å²) in [5.74, 6) is -0.128. The van der Waals surface area contributed by atoms with Gasteiger partial charge in [0.15, 0.2) is 0 Å². The Morgan fingerprint density at radius 2 is 1.70 bits per heavy atom. The van der Waals surface area contributed by atoms with Crippen LogP contribution >= 0.6 is 0 Å². The molecule has 0 aromatic heterocycles. The van der Waals surface area contributed by atoms with E-state index in [1.54, 1.807) is 0 Å². The average Bonchev–Trinajstić information content (AvgIpc) is 2.47. The number of ether oxygens (including phenoxy) is 1. The number of methoxy groups -OCH3 is 1. The Morgan fingerprint density at radius 1 is 1.00 bits per heavy atom. The van der Waals surface area contributed by atoms with Crippen molar-refractivity contribution in [3.8, 4) is 0 Å². The van der Waals surface area contributed by atoms with Gasteiger partial charge in [-0.2, -0.15) is 0 Å². The van der Waals surface area contributed by atoms with Crippen molar-refractivity contribution in [3.63, 3.8) is 0 Å². The Morgan fingerprint density at radius 3 is 2.30 bits per heavy atom. The molecule has 2 saturated carbocycles. The van der Waals surface area contributed by atoms with E-state index in [4.69, 9.17) is 10.5 Å². The Kier molecular flexibility index (Phi) is 5.40. The van der Waals surface area contributed by atoms with Crippen LogP contribution in [0.5, 0.6) is 0 Å². The van der Waals surface area contributed by atoms with E-state index in [2.05, 4.69) is 5.32 Å². The normalized spacial score (nSPS) is 34.5. The minimum atomic E-state index is -0.161. The zero-order chi connectivity index (χ0) is 14.5. The second kappa shape index (κ2) is 7.07. The molecule has 5 heteroatoms. The average molecular weight is 282 g/mol. The van der Waals surface area contributed by atoms with Crippen LogP contribution in [0.1, 0.15) is 51.4 Å². The molecular formula is C15H26N2O3. The SMILES string of the molecule is COC(=O)C1CCC(N[C@@H]2CCC[C@H](C(N)=O)C2)CC1. The van der Waals surface area contributed by atoms with Crippen LogP contribution in [-0.4, -0.2) is 31.1 Å². The lowest BCUT2D eigenvalue weighted by molar-refractivity contribution is -0.146. The lowest BCUT2D eigenvalue weighted by Gasteiger charge is -2.34. The molecule has 3 N–H and O–H groups in total. The predicted octanol–water partition coefficient (Wildman–Crippen LogP) is 1.35. The van der Waals surface area contributed by atoms with E-state index in [9.17, 15) is 9.59 Å². The topological polar surface area (TPSA) is 81.4 Å². The Balaban J connectivity index is 1.75. The molecule has 0 aliphatic heterocycles. The second-order valence-corrected chi connectivity index (χ2v) is 6.20. The van der Waals surface area contributed by atoms with E-state index in [-0.39, 0.29) is 23.7 Å². The first-order valence-electron chi connectivity index (χ1n) is 7.73. The van der Waals surface area contributed by atoms with Crippen LogP contribution < -0.4 is 11.1 Å². The summed E-state index contributed by atoms with van der Waals surface area (Å²) in [7, 11) is 1.46. The lowest BCUT2D eigenvalue weighted by atomic mass is 9.82. The highest BCUT2D eigenvalue weighted by Crippen LogP contribution is 2.28. The molecule has 2 rings (SSSR count). The van der Waals surface area contributed by atoms with Crippen LogP contribution in [0.2, 0.25) is 0 Å². The van der Waals surface area contributed by atoms with E-state index < -0.39 is 0 Å². The number of primary amides is 1. The maximum atomic E-state index is 11.5. The molecule has 0 radical (unpaired) electrons. The monoisotopic (exact) mass is 282 g/mol. The van der Waals surface area contributed by atoms with Gasteiger partial charge in [-0.25, -0.2) is 0 Å². The first-order chi connectivity index (χ1) is 9.60. The molecule has 2 fully saturated rings. The van der Waals surface area contributed by atoms with Crippen molar-refractivity contribution in [2.75, 3.05) is 7.11 Å². The summed E-state index contributed by atoms with van der Waals surface area (Å²) in [6.45, 7) is 0. The lowest BCUT2D eigenvalue weighted by Crippen LogP contribution is -2.45. The molecule has 114 valence electrons. The van der Waals surface area contributed by atoms with E-state index in [0.717, 1.165) is 51.4 Å². The van der Waals surface area contributed by atoms with Gasteiger partial charge in [-0.15, -0.1) is 0 Å². The standard InChI is InChI=1S/C15H26N2O3/c1-20-15(19)10-5-7-12(8-6-10)17-13-4-2-3-11(9-13)14(16)18/h10-13,17H,2-9H2,1H3,(H2,16,18)/t10?,11-,12?,13+/m0/s1. The molecule has 5 nitrogen and oxygen atoms in total. The van der Waals surface area contributed by atoms with Crippen LogP contribution in [0, 0.1) is 11.8 Å². The molecule has 0 spiro atoms. The number of carbonyl (C=O) groups excluding carboxylic acids is 2. The number of hydrogen-bond acceptors (Lipinski definition) is 4. The summed E-state index contributed by atoms with van der Waals surface area (Å²) in [6.07, 6.45) is 7.82. The van der Waals surface area contributed by atoms with E-state index in [0.29, 0.717) is 12.1 Å². The molecule has 2 aliphatic rings. The van der Waals surface area contributed by atoms with E-state index >= 15 is 0 Å². The van der Waals surface area contributed by atoms with Gasteiger partial charge in [0.1, 0.15) is 0 Å². The number of hydrogen-bond donors (Lipinski definition) is 2. The highest BCUT2D eigenvalue weighted by molar-refractivity contribution is 5.76.